The van der Waals surface area contributed by atoms with Crippen molar-refractivity contribution in [1.29, 1.82) is 0 Å². The molecule has 0 amide bonds. The van der Waals surface area contributed by atoms with Crippen LogP contribution in [0.15, 0.2) is 24.3 Å². The highest BCUT2D eigenvalue weighted by Crippen LogP contribution is 2.36. The van der Waals surface area contributed by atoms with Crippen molar-refractivity contribution in [1.82, 2.24) is 4.90 Å². The van der Waals surface area contributed by atoms with Gasteiger partial charge in [-0.3, -0.25) is 14.4 Å². The number of esters is 3. The number of hydrogen-bond acceptors (Lipinski definition) is 7. The summed E-state index contributed by atoms with van der Waals surface area (Å²) in [6.45, 7) is 6.34. The summed E-state index contributed by atoms with van der Waals surface area (Å²) in [6, 6.07) is 0. The lowest BCUT2D eigenvalue weighted by atomic mass is 9.73. The lowest BCUT2D eigenvalue weighted by Gasteiger charge is -2.36. The third-order valence-electron chi connectivity index (χ3n) is 10.5. The maximum absolute atomic E-state index is 12.9. The van der Waals surface area contributed by atoms with Gasteiger partial charge in [0.25, 0.3) is 0 Å². The average Bonchev–Trinajstić information content (AvgIpc) is 3.11. The van der Waals surface area contributed by atoms with E-state index < -0.39 is 0 Å². The van der Waals surface area contributed by atoms with Crippen LogP contribution in [0.25, 0.3) is 0 Å². The molecule has 0 aromatic heterocycles. The highest BCUT2D eigenvalue weighted by Gasteiger charge is 2.31. The van der Waals surface area contributed by atoms with Crippen LogP contribution in [-0.4, -0.2) is 62.8 Å². The van der Waals surface area contributed by atoms with Gasteiger partial charge in [0.2, 0.25) is 0 Å². The normalized spacial score (nSPS) is 15.8. The number of unbranched alkanes of at least 4 members (excludes halogenated alkanes) is 18. The molecule has 7 heteroatoms. The molecule has 0 aromatic rings. The van der Waals surface area contributed by atoms with Gasteiger partial charge in [0.05, 0.1) is 0 Å². The molecule has 0 N–H and O–H groups in total. The van der Waals surface area contributed by atoms with E-state index in [0.29, 0.717) is 44.3 Å². The number of rotatable bonds is 37. The molecule has 0 unspecified atom stereocenters. The van der Waals surface area contributed by atoms with Crippen LogP contribution in [0.3, 0.4) is 0 Å². The van der Waals surface area contributed by atoms with Crippen molar-refractivity contribution >= 4 is 17.9 Å². The Labute approximate surface area is 326 Å². The van der Waals surface area contributed by atoms with Crippen LogP contribution >= 0.6 is 0 Å². The van der Waals surface area contributed by atoms with Gasteiger partial charge in [-0.1, -0.05) is 128 Å². The monoisotopic (exact) mass is 746 g/mol. The quantitative estimate of drug-likeness (QED) is 0.0271. The van der Waals surface area contributed by atoms with E-state index in [1.54, 1.807) is 0 Å². The first kappa shape index (κ1) is 48.9. The Bertz CT molecular complexity index is 886. The number of carbonyl (C=O) groups is 3. The Kier molecular flexibility index (Phi) is 32.8. The van der Waals surface area contributed by atoms with Crippen LogP contribution in [0.5, 0.6) is 0 Å². The minimum atomic E-state index is -0.0904. The Morgan fingerprint density at radius 2 is 0.981 bits per heavy atom. The molecule has 1 fully saturated rings. The molecular weight excluding hydrogens is 663 g/mol. The fraction of sp³-hybridized carbons (Fsp3) is 0.848. The maximum Gasteiger partial charge on any atom is 0.306 e. The second kappa shape index (κ2) is 35.5. The number of nitrogens with zero attached hydrogens (tertiary/aromatic N) is 1. The third-order valence-corrected chi connectivity index (χ3v) is 10.5. The number of allylic oxidation sites excluding steroid dienone is 2. The van der Waals surface area contributed by atoms with Crippen LogP contribution in [0, 0.1) is 11.8 Å². The van der Waals surface area contributed by atoms with Gasteiger partial charge in [0, 0.05) is 25.8 Å². The smallest absolute Gasteiger partial charge is 0.306 e. The predicted molar refractivity (Wildman–Crippen MR) is 221 cm³/mol. The Balaban J connectivity index is 2.21. The van der Waals surface area contributed by atoms with Crippen LogP contribution in [0.2, 0.25) is 0 Å². The summed E-state index contributed by atoms with van der Waals surface area (Å²) in [5.74, 6) is 1.01. The summed E-state index contributed by atoms with van der Waals surface area (Å²) in [5.41, 5.74) is 0. The SMILES string of the molecule is CCCCCC/C=C\COC(=O)CCCCCCCCC(CCCCCCCCC(=O)OC/C=C\CCCCCC)OC(=O)CC1CC(CN(C)C)C1. The first-order chi connectivity index (χ1) is 25.8. The molecule has 53 heavy (non-hydrogen) atoms. The zero-order chi connectivity index (χ0) is 38.6. The fourth-order valence-electron chi connectivity index (χ4n) is 7.31. The second-order valence-corrected chi connectivity index (χ2v) is 16.1. The fourth-order valence-corrected chi connectivity index (χ4v) is 7.31. The molecule has 0 aromatic carbocycles. The molecule has 0 aliphatic heterocycles. The molecule has 1 aliphatic rings. The van der Waals surface area contributed by atoms with Crippen molar-refractivity contribution in [2.45, 2.75) is 206 Å². The topological polar surface area (TPSA) is 82.1 Å². The van der Waals surface area contributed by atoms with Gasteiger partial charge in [-0.2, -0.15) is 0 Å². The van der Waals surface area contributed by atoms with Crippen LogP contribution in [-0.2, 0) is 28.6 Å². The summed E-state index contributed by atoms with van der Waals surface area (Å²) in [5, 5.41) is 0. The molecule has 308 valence electrons. The Morgan fingerprint density at radius 1 is 0.547 bits per heavy atom. The van der Waals surface area contributed by atoms with Crippen molar-refractivity contribution < 1.29 is 28.6 Å². The van der Waals surface area contributed by atoms with E-state index >= 15 is 0 Å². The summed E-state index contributed by atoms with van der Waals surface area (Å²) in [4.78, 5) is 39.2. The molecule has 1 rings (SSSR count). The third kappa shape index (κ3) is 31.9. The maximum atomic E-state index is 12.9. The molecule has 0 radical (unpaired) electrons. The number of ether oxygens (including phenoxy) is 3. The molecule has 0 bridgehead atoms. The molecule has 0 spiro atoms. The van der Waals surface area contributed by atoms with Gasteiger partial charge < -0.3 is 19.1 Å². The van der Waals surface area contributed by atoms with Gasteiger partial charge in [-0.15, -0.1) is 0 Å². The van der Waals surface area contributed by atoms with E-state index in [4.69, 9.17) is 14.2 Å². The summed E-state index contributed by atoms with van der Waals surface area (Å²) >= 11 is 0. The molecule has 1 saturated carbocycles. The Morgan fingerprint density at radius 3 is 1.43 bits per heavy atom. The summed E-state index contributed by atoms with van der Waals surface area (Å²) in [7, 11) is 4.24. The standard InChI is InChI=1S/C46H83NO6/c1-5-7-9-11-17-23-29-35-51-44(48)33-27-21-15-13-19-25-31-43(53-46(50)39-41-37-42(38-41)40-47(3)4)32-26-20-14-16-22-28-34-45(49)52-36-30-24-18-12-10-8-6-2/h23-24,29-30,41-43H,5-22,25-28,31-40H2,1-4H3/b29-23-,30-24-. The highest BCUT2D eigenvalue weighted by atomic mass is 16.5. The van der Waals surface area contributed by atoms with E-state index in [9.17, 15) is 14.4 Å². The summed E-state index contributed by atoms with van der Waals surface area (Å²) < 4.78 is 16.8. The van der Waals surface area contributed by atoms with E-state index in [1.807, 2.05) is 12.2 Å². The first-order valence-electron chi connectivity index (χ1n) is 22.3. The van der Waals surface area contributed by atoms with Crippen molar-refractivity contribution in [3.05, 3.63) is 24.3 Å². The van der Waals surface area contributed by atoms with Crippen molar-refractivity contribution in [2.24, 2.45) is 11.8 Å². The van der Waals surface area contributed by atoms with Crippen LogP contribution in [0.4, 0.5) is 0 Å². The van der Waals surface area contributed by atoms with E-state index in [1.165, 1.54) is 51.4 Å². The van der Waals surface area contributed by atoms with Crippen molar-refractivity contribution in [3.63, 3.8) is 0 Å². The predicted octanol–water partition coefficient (Wildman–Crippen LogP) is 12.3. The minimum Gasteiger partial charge on any atom is -0.462 e. The largest absolute Gasteiger partial charge is 0.462 e. The van der Waals surface area contributed by atoms with Gasteiger partial charge in [0.1, 0.15) is 19.3 Å². The van der Waals surface area contributed by atoms with E-state index in [-0.39, 0.29) is 24.0 Å². The molecule has 0 atom stereocenters. The second-order valence-electron chi connectivity index (χ2n) is 16.1. The summed E-state index contributed by atoms with van der Waals surface area (Å²) in [6.07, 6.45) is 39.0. The lowest BCUT2D eigenvalue weighted by molar-refractivity contribution is -0.152. The molecular formula is C46H83NO6. The zero-order valence-corrected chi connectivity index (χ0v) is 35.1. The first-order valence-corrected chi connectivity index (χ1v) is 22.3. The number of hydrogen-bond donors (Lipinski definition) is 0. The minimum absolute atomic E-state index is 0.00740. The molecule has 0 heterocycles. The van der Waals surface area contributed by atoms with Crippen LogP contribution < -0.4 is 0 Å². The van der Waals surface area contributed by atoms with Crippen LogP contribution in [0.1, 0.15) is 200 Å². The van der Waals surface area contributed by atoms with E-state index in [0.717, 1.165) is 122 Å². The molecule has 0 saturated heterocycles. The van der Waals surface area contributed by atoms with Gasteiger partial charge in [-0.05, 0) is 103 Å². The average molecular weight is 746 g/mol. The lowest BCUT2D eigenvalue weighted by Crippen LogP contribution is -2.34. The van der Waals surface area contributed by atoms with Gasteiger partial charge >= 0.3 is 17.9 Å². The molecule has 1 aliphatic carbocycles. The number of carbonyl (C=O) groups excluding carboxylic acids is 3. The highest BCUT2D eigenvalue weighted by molar-refractivity contribution is 5.70. The van der Waals surface area contributed by atoms with Crippen molar-refractivity contribution in [3.8, 4) is 0 Å². The molecule has 7 nitrogen and oxygen atoms in total. The van der Waals surface area contributed by atoms with Crippen molar-refractivity contribution in [2.75, 3.05) is 33.9 Å². The zero-order valence-electron chi connectivity index (χ0n) is 35.1. The Hall–Kier alpha value is -2.15. The van der Waals surface area contributed by atoms with Gasteiger partial charge in [-0.25, -0.2) is 0 Å². The van der Waals surface area contributed by atoms with E-state index in [2.05, 4.69) is 45.0 Å². The van der Waals surface area contributed by atoms with Gasteiger partial charge in [0.15, 0.2) is 0 Å².